The van der Waals surface area contributed by atoms with Crippen molar-refractivity contribution in [3.05, 3.63) is 53.6 Å². The van der Waals surface area contributed by atoms with Crippen molar-refractivity contribution in [3.8, 4) is 11.5 Å². The van der Waals surface area contributed by atoms with E-state index in [1.165, 1.54) is 0 Å². The summed E-state index contributed by atoms with van der Waals surface area (Å²) in [4.78, 5) is 25.8. The quantitative estimate of drug-likeness (QED) is 0.929. The van der Waals surface area contributed by atoms with Crippen molar-refractivity contribution in [2.24, 2.45) is 0 Å². The van der Waals surface area contributed by atoms with E-state index >= 15 is 0 Å². The Morgan fingerprint density at radius 3 is 2.80 bits per heavy atom. The number of benzene rings is 2. The normalized spacial score (nSPS) is 14.0. The zero-order valence-electron chi connectivity index (χ0n) is 14.4. The number of hydrogen-bond acceptors (Lipinski definition) is 4. The number of rotatable bonds is 4. The summed E-state index contributed by atoms with van der Waals surface area (Å²) in [5, 5.41) is 2.71. The van der Waals surface area contributed by atoms with Gasteiger partial charge in [0.25, 0.3) is 11.8 Å². The lowest BCUT2D eigenvalue weighted by Crippen LogP contribution is -2.30. The monoisotopic (exact) mass is 340 g/mol. The van der Waals surface area contributed by atoms with Crippen LogP contribution in [0.1, 0.15) is 28.9 Å². The minimum atomic E-state index is -0.200. The van der Waals surface area contributed by atoms with Gasteiger partial charge in [-0.05, 0) is 31.2 Å². The third-order valence-electron chi connectivity index (χ3n) is 4.35. The van der Waals surface area contributed by atoms with E-state index in [4.69, 9.17) is 9.47 Å². The van der Waals surface area contributed by atoms with Gasteiger partial charge < -0.3 is 19.7 Å². The minimum absolute atomic E-state index is 0.0436. The second-order valence-electron chi connectivity index (χ2n) is 5.88. The highest BCUT2D eigenvalue weighted by Crippen LogP contribution is 2.32. The van der Waals surface area contributed by atoms with Gasteiger partial charge >= 0.3 is 0 Å². The number of nitrogens with zero attached hydrogens (tertiary/aromatic N) is 1. The van der Waals surface area contributed by atoms with Crippen LogP contribution in [0, 0.1) is 0 Å². The van der Waals surface area contributed by atoms with Crippen LogP contribution in [0.25, 0.3) is 0 Å². The van der Waals surface area contributed by atoms with Crippen molar-refractivity contribution < 1.29 is 19.1 Å². The summed E-state index contributed by atoms with van der Waals surface area (Å²) in [5.41, 5.74) is 2.01. The first-order chi connectivity index (χ1) is 12.0. The van der Waals surface area contributed by atoms with Gasteiger partial charge in [0.05, 0.1) is 18.8 Å². The lowest BCUT2D eigenvalue weighted by atomic mass is 10.0. The van der Waals surface area contributed by atoms with Crippen molar-refractivity contribution in [1.29, 1.82) is 0 Å². The molecule has 1 atom stereocenters. The highest BCUT2D eigenvalue weighted by atomic mass is 16.5. The second-order valence-corrected chi connectivity index (χ2v) is 5.88. The third kappa shape index (κ3) is 3.28. The molecule has 130 valence electrons. The van der Waals surface area contributed by atoms with Crippen LogP contribution in [-0.2, 0) is 4.79 Å². The first kappa shape index (κ1) is 16.8. The molecule has 6 heteroatoms. The zero-order chi connectivity index (χ0) is 18.0. The van der Waals surface area contributed by atoms with Gasteiger partial charge in [-0.25, -0.2) is 0 Å². The van der Waals surface area contributed by atoms with E-state index in [-0.39, 0.29) is 24.5 Å². The average molecular weight is 340 g/mol. The second kappa shape index (κ2) is 6.84. The molecule has 0 saturated carbocycles. The van der Waals surface area contributed by atoms with Crippen LogP contribution in [0.4, 0.5) is 5.69 Å². The fourth-order valence-electron chi connectivity index (χ4n) is 2.81. The Morgan fingerprint density at radius 1 is 1.28 bits per heavy atom. The molecule has 1 aliphatic rings. The molecule has 0 radical (unpaired) electrons. The van der Waals surface area contributed by atoms with Gasteiger partial charge in [0.2, 0.25) is 0 Å². The molecule has 0 aliphatic carbocycles. The molecule has 25 heavy (non-hydrogen) atoms. The van der Waals surface area contributed by atoms with Crippen LogP contribution >= 0.6 is 0 Å². The van der Waals surface area contributed by atoms with Crippen molar-refractivity contribution in [2.45, 2.75) is 13.0 Å². The molecule has 2 aromatic rings. The predicted molar refractivity (Wildman–Crippen MR) is 94.1 cm³/mol. The highest BCUT2D eigenvalue weighted by Gasteiger charge is 2.23. The maximum Gasteiger partial charge on any atom is 0.262 e. The highest BCUT2D eigenvalue weighted by molar-refractivity contribution is 5.99. The molecule has 1 aliphatic heterocycles. The van der Waals surface area contributed by atoms with Crippen molar-refractivity contribution >= 4 is 17.5 Å². The molecule has 0 bridgehead atoms. The minimum Gasteiger partial charge on any atom is -0.496 e. The predicted octanol–water partition coefficient (Wildman–Crippen LogP) is 2.86. The molecule has 0 fully saturated rings. The molecule has 0 saturated heterocycles. The van der Waals surface area contributed by atoms with Gasteiger partial charge in [0.1, 0.15) is 11.5 Å². The van der Waals surface area contributed by atoms with Crippen LogP contribution < -0.4 is 14.8 Å². The van der Waals surface area contributed by atoms with Gasteiger partial charge in [-0.3, -0.25) is 9.59 Å². The van der Waals surface area contributed by atoms with Crippen LogP contribution in [0.15, 0.2) is 42.5 Å². The summed E-state index contributed by atoms with van der Waals surface area (Å²) in [5.74, 6) is 0.908. The Bertz CT molecular complexity index is 819. The third-order valence-corrected chi connectivity index (χ3v) is 4.35. The average Bonchev–Trinajstić information content (AvgIpc) is 2.65. The number of anilines is 1. The van der Waals surface area contributed by atoms with Crippen molar-refractivity contribution in [1.82, 2.24) is 4.90 Å². The Hall–Kier alpha value is -3.02. The summed E-state index contributed by atoms with van der Waals surface area (Å²) in [6.45, 7) is 1.91. The van der Waals surface area contributed by atoms with Gasteiger partial charge in [-0.2, -0.15) is 0 Å². The van der Waals surface area contributed by atoms with Crippen LogP contribution in [0.3, 0.4) is 0 Å². The summed E-state index contributed by atoms with van der Waals surface area (Å²) < 4.78 is 10.8. The van der Waals surface area contributed by atoms with Crippen molar-refractivity contribution in [3.63, 3.8) is 0 Å². The van der Waals surface area contributed by atoms with Crippen molar-refractivity contribution in [2.75, 3.05) is 26.1 Å². The van der Waals surface area contributed by atoms with Gasteiger partial charge in [0.15, 0.2) is 6.61 Å². The lowest BCUT2D eigenvalue weighted by Gasteiger charge is -2.27. The van der Waals surface area contributed by atoms with Gasteiger partial charge in [-0.15, -0.1) is 0 Å². The summed E-state index contributed by atoms with van der Waals surface area (Å²) in [6.07, 6.45) is 0. The molecular formula is C19H20N2O4. The maximum atomic E-state index is 12.9. The molecule has 6 nitrogen and oxygen atoms in total. The number of nitrogens with one attached hydrogen (secondary N) is 1. The van der Waals surface area contributed by atoms with E-state index < -0.39 is 0 Å². The Labute approximate surface area is 146 Å². The first-order valence-electron chi connectivity index (χ1n) is 7.98. The molecule has 0 spiro atoms. The Morgan fingerprint density at radius 2 is 2.04 bits per heavy atom. The fourth-order valence-corrected chi connectivity index (χ4v) is 2.81. The van der Waals surface area contributed by atoms with E-state index in [1.54, 1.807) is 37.3 Å². The fraction of sp³-hybridized carbons (Fsp3) is 0.263. The van der Waals surface area contributed by atoms with E-state index in [1.807, 2.05) is 31.2 Å². The van der Waals surface area contributed by atoms with E-state index in [2.05, 4.69) is 5.32 Å². The number of ether oxygens (including phenoxy) is 2. The van der Waals surface area contributed by atoms with E-state index in [0.717, 1.165) is 11.3 Å². The smallest absolute Gasteiger partial charge is 0.262 e. The van der Waals surface area contributed by atoms with Crippen LogP contribution in [0.5, 0.6) is 11.5 Å². The summed E-state index contributed by atoms with van der Waals surface area (Å²) in [7, 11) is 3.37. The standard InChI is InChI=1S/C19H20N2O4/c1-12(14-6-4-5-7-16(14)24-3)21(2)19(23)13-8-9-15-17(10-13)25-11-18(22)20-15/h4-10,12H,11H2,1-3H3,(H,20,22). The van der Waals surface area contributed by atoms with E-state index in [9.17, 15) is 9.59 Å². The van der Waals surface area contributed by atoms with E-state index in [0.29, 0.717) is 17.0 Å². The largest absolute Gasteiger partial charge is 0.496 e. The van der Waals surface area contributed by atoms with Gasteiger partial charge in [-0.1, -0.05) is 18.2 Å². The maximum absolute atomic E-state index is 12.9. The number of para-hydroxylation sites is 1. The molecule has 1 N–H and O–H groups in total. The molecule has 2 aromatic carbocycles. The number of hydrogen-bond donors (Lipinski definition) is 1. The van der Waals surface area contributed by atoms with Gasteiger partial charge in [0, 0.05) is 18.2 Å². The number of methoxy groups -OCH3 is 1. The topological polar surface area (TPSA) is 67.9 Å². The zero-order valence-corrected chi connectivity index (χ0v) is 14.4. The first-order valence-corrected chi connectivity index (χ1v) is 7.98. The number of carbonyl (C=O) groups excluding carboxylic acids is 2. The molecule has 3 rings (SSSR count). The molecular weight excluding hydrogens is 320 g/mol. The summed E-state index contributed by atoms with van der Waals surface area (Å²) >= 11 is 0. The molecule has 2 amide bonds. The molecule has 1 unspecified atom stereocenters. The lowest BCUT2D eigenvalue weighted by molar-refractivity contribution is -0.118. The number of fused-ring (bicyclic) bond motifs is 1. The number of carbonyl (C=O) groups is 2. The Balaban J connectivity index is 1.84. The molecule has 1 heterocycles. The number of amides is 2. The van der Waals surface area contributed by atoms with Crippen LogP contribution in [-0.4, -0.2) is 37.5 Å². The Kier molecular flexibility index (Phi) is 4.61. The van der Waals surface area contributed by atoms with Crippen LogP contribution in [0.2, 0.25) is 0 Å². The summed E-state index contributed by atoms with van der Waals surface area (Å²) in [6, 6.07) is 12.5. The molecule has 0 aromatic heterocycles. The SMILES string of the molecule is COc1ccccc1C(C)N(C)C(=O)c1ccc2c(c1)OCC(=O)N2.